The molecule has 0 aliphatic carbocycles. The molecule has 0 radical (unpaired) electrons. The van der Waals surface area contributed by atoms with Crippen molar-refractivity contribution < 1.29 is 13.2 Å². The first-order valence-electron chi connectivity index (χ1n) is 8.01. The van der Waals surface area contributed by atoms with Crippen LogP contribution < -0.4 is 10.0 Å². The SMILES string of the molecule is Cc1[nH]nc2ncc(NC(=O)c3cccc(S(=O)(=O)NC(C)C)c3)cc12. The largest absolute Gasteiger partial charge is 0.321 e. The van der Waals surface area contributed by atoms with Gasteiger partial charge in [-0.1, -0.05) is 6.07 Å². The van der Waals surface area contributed by atoms with Crippen molar-refractivity contribution in [1.82, 2.24) is 19.9 Å². The second kappa shape index (κ2) is 6.85. The van der Waals surface area contributed by atoms with Gasteiger partial charge in [0.15, 0.2) is 5.65 Å². The molecule has 0 atom stereocenters. The topological polar surface area (TPSA) is 117 Å². The van der Waals surface area contributed by atoms with E-state index in [4.69, 9.17) is 0 Å². The minimum atomic E-state index is -3.67. The highest BCUT2D eigenvalue weighted by Crippen LogP contribution is 2.19. The Labute approximate surface area is 151 Å². The molecule has 0 aliphatic heterocycles. The van der Waals surface area contributed by atoms with Crippen molar-refractivity contribution in [2.45, 2.75) is 31.7 Å². The zero-order chi connectivity index (χ0) is 18.9. The van der Waals surface area contributed by atoms with Crippen LogP contribution >= 0.6 is 0 Å². The summed E-state index contributed by atoms with van der Waals surface area (Å²) >= 11 is 0. The van der Waals surface area contributed by atoms with Crippen LogP contribution in [-0.4, -0.2) is 35.5 Å². The first kappa shape index (κ1) is 18.0. The van der Waals surface area contributed by atoms with E-state index in [-0.39, 0.29) is 16.5 Å². The number of anilines is 1. The number of aryl methyl sites for hydroxylation is 1. The Morgan fingerprint density at radius 2 is 2.00 bits per heavy atom. The Bertz CT molecular complexity index is 1070. The van der Waals surface area contributed by atoms with Crippen LogP contribution in [0.2, 0.25) is 0 Å². The number of fused-ring (bicyclic) bond motifs is 1. The zero-order valence-corrected chi connectivity index (χ0v) is 15.4. The molecule has 136 valence electrons. The van der Waals surface area contributed by atoms with Crippen molar-refractivity contribution in [3.05, 3.63) is 47.8 Å². The molecule has 0 aliphatic rings. The van der Waals surface area contributed by atoms with Crippen molar-refractivity contribution in [3.8, 4) is 0 Å². The van der Waals surface area contributed by atoms with Crippen LogP contribution in [0.5, 0.6) is 0 Å². The maximum absolute atomic E-state index is 12.5. The molecule has 2 heterocycles. The number of benzene rings is 1. The third-order valence-electron chi connectivity index (χ3n) is 3.66. The summed E-state index contributed by atoms with van der Waals surface area (Å²) in [6.07, 6.45) is 1.50. The van der Waals surface area contributed by atoms with Crippen molar-refractivity contribution in [1.29, 1.82) is 0 Å². The summed E-state index contributed by atoms with van der Waals surface area (Å²) < 4.78 is 27.0. The minimum Gasteiger partial charge on any atom is -0.321 e. The maximum atomic E-state index is 12.5. The van der Waals surface area contributed by atoms with Gasteiger partial charge in [-0.15, -0.1) is 0 Å². The third kappa shape index (κ3) is 3.73. The number of amides is 1. The fourth-order valence-corrected chi connectivity index (χ4v) is 3.77. The highest BCUT2D eigenvalue weighted by atomic mass is 32.2. The number of nitrogens with zero attached hydrogens (tertiary/aromatic N) is 2. The summed E-state index contributed by atoms with van der Waals surface area (Å²) in [6.45, 7) is 5.32. The van der Waals surface area contributed by atoms with Crippen LogP contribution in [0.4, 0.5) is 5.69 Å². The number of carbonyl (C=O) groups is 1. The van der Waals surface area contributed by atoms with Crippen molar-refractivity contribution in [3.63, 3.8) is 0 Å². The number of hydrogen-bond donors (Lipinski definition) is 3. The first-order chi connectivity index (χ1) is 12.3. The number of rotatable bonds is 5. The average Bonchev–Trinajstić information content (AvgIpc) is 2.95. The molecule has 9 heteroatoms. The van der Waals surface area contributed by atoms with Gasteiger partial charge in [0.1, 0.15) is 0 Å². The first-order valence-corrected chi connectivity index (χ1v) is 9.49. The summed E-state index contributed by atoms with van der Waals surface area (Å²) in [4.78, 5) is 16.7. The van der Waals surface area contributed by atoms with Gasteiger partial charge in [-0.3, -0.25) is 9.89 Å². The molecule has 8 nitrogen and oxygen atoms in total. The molecule has 0 unspecified atom stereocenters. The average molecular weight is 373 g/mol. The predicted octanol–water partition coefficient (Wildman–Crippen LogP) is 2.21. The molecule has 3 N–H and O–H groups in total. The van der Waals surface area contributed by atoms with Crippen LogP contribution in [0.15, 0.2) is 41.4 Å². The highest BCUT2D eigenvalue weighted by Gasteiger charge is 2.17. The standard InChI is InChI=1S/C17H19N5O3S/c1-10(2)22-26(24,25)14-6-4-5-12(7-14)17(23)19-13-8-15-11(3)20-21-16(15)18-9-13/h4-10,22H,1-3H3,(H,19,23)(H,18,20,21). The summed E-state index contributed by atoms with van der Waals surface area (Å²) in [7, 11) is -3.67. The number of sulfonamides is 1. The van der Waals surface area contributed by atoms with E-state index in [1.54, 1.807) is 26.0 Å². The molecule has 1 aromatic carbocycles. The van der Waals surface area contributed by atoms with E-state index in [9.17, 15) is 13.2 Å². The lowest BCUT2D eigenvalue weighted by atomic mass is 10.2. The third-order valence-corrected chi connectivity index (χ3v) is 5.31. The fourth-order valence-electron chi connectivity index (χ4n) is 2.47. The Morgan fingerprint density at radius 1 is 1.23 bits per heavy atom. The van der Waals surface area contributed by atoms with E-state index in [2.05, 4.69) is 25.2 Å². The van der Waals surface area contributed by atoms with Crippen LogP contribution in [-0.2, 0) is 10.0 Å². The summed E-state index contributed by atoms with van der Waals surface area (Å²) in [5.41, 5.74) is 2.14. The number of H-pyrrole nitrogens is 1. The number of aromatic nitrogens is 3. The highest BCUT2D eigenvalue weighted by molar-refractivity contribution is 7.89. The van der Waals surface area contributed by atoms with E-state index in [0.717, 1.165) is 11.1 Å². The van der Waals surface area contributed by atoms with Crippen molar-refractivity contribution >= 4 is 32.7 Å². The van der Waals surface area contributed by atoms with Gasteiger partial charge in [-0.25, -0.2) is 18.1 Å². The van der Waals surface area contributed by atoms with Crippen molar-refractivity contribution in [2.24, 2.45) is 0 Å². The number of hydrogen-bond acceptors (Lipinski definition) is 5. The molecule has 0 spiro atoms. The maximum Gasteiger partial charge on any atom is 0.255 e. The Morgan fingerprint density at radius 3 is 2.73 bits per heavy atom. The zero-order valence-electron chi connectivity index (χ0n) is 14.6. The van der Waals surface area contributed by atoms with Gasteiger partial charge in [0.05, 0.1) is 16.8 Å². The van der Waals surface area contributed by atoms with E-state index >= 15 is 0 Å². The molecule has 1 amide bonds. The second-order valence-corrected chi connectivity index (χ2v) is 7.92. The van der Waals surface area contributed by atoms with Gasteiger partial charge in [0.25, 0.3) is 5.91 Å². The summed E-state index contributed by atoms with van der Waals surface area (Å²) in [5.74, 6) is -0.422. The lowest BCUT2D eigenvalue weighted by molar-refractivity contribution is 0.102. The van der Waals surface area contributed by atoms with Gasteiger partial charge in [0.2, 0.25) is 10.0 Å². The second-order valence-electron chi connectivity index (χ2n) is 6.20. The Kier molecular flexibility index (Phi) is 4.75. The molecule has 3 aromatic rings. The molecular formula is C17H19N5O3S. The van der Waals surface area contributed by atoms with Crippen molar-refractivity contribution in [2.75, 3.05) is 5.32 Å². The molecule has 0 saturated carbocycles. The molecule has 3 rings (SSSR count). The Hall–Kier alpha value is -2.78. The van der Waals surface area contributed by atoms with E-state index in [0.29, 0.717) is 11.3 Å². The van der Waals surface area contributed by atoms with Gasteiger partial charge in [-0.05, 0) is 45.0 Å². The lowest BCUT2D eigenvalue weighted by Gasteiger charge is -2.11. The number of carbonyl (C=O) groups excluding carboxylic acids is 1. The van der Waals surface area contributed by atoms with E-state index < -0.39 is 15.9 Å². The smallest absolute Gasteiger partial charge is 0.255 e. The number of aromatic amines is 1. The molecule has 0 saturated heterocycles. The van der Waals surface area contributed by atoms with Crippen LogP contribution in [0.3, 0.4) is 0 Å². The van der Waals surface area contributed by atoms with Crippen LogP contribution in [0, 0.1) is 6.92 Å². The Balaban J connectivity index is 1.85. The van der Waals surface area contributed by atoms with Gasteiger partial charge >= 0.3 is 0 Å². The molecule has 26 heavy (non-hydrogen) atoms. The van der Waals surface area contributed by atoms with Gasteiger partial charge in [-0.2, -0.15) is 5.10 Å². The quantitative estimate of drug-likeness (QED) is 0.634. The fraction of sp³-hybridized carbons (Fsp3) is 0.235. The lowest BCUT2D eigenvalue weighted by Crippen LogP contribution is -2.30. The molecule has 0 fully saturated rings. The van der Waals surface area contributed by atoms with Gasteiger partial charge < -0.3 is 5.32 Å². The number of nitrogens with one attached hydrogen (secondary N) is 3. The molecule has 0 bridgehead atoms. The monoisotopic (exact) mass is 373 g/mol. The molecular weight excluding hydrogens is 354 g/mol. The van der Waals surface area contributed by atoms with Crippen LogP contribution in [0.25, 0.3) is 11.0 Å². The molecule has 2 aromatic heterocycles. The van der Waals surface area contributed by atoms with Crippen LogP contribution in [0.1, 0.15) is 29.9 Å². The summed E-state index contributed by atoms with van der Waals surface area (Å²) in [6, 6.07) is 7.40. The van der Waals surface area contributed by atoms with Gasteiger partial charge in [0, 0.05) is 22.7 Å². The normalized spacial score (nSPS) is 11.8. The summed E-state index contributed by atoms with van der Waals surface area (Å²) in [5, 5.41) is 10.4. The predicted molar refractivity (Wildman–Crippen MR) is 98.5 cm³/mol. The van der Waals surface area contributed by atoms with E-state index in [1.807, 2.05) is 6.92 Å². The minimum absolute atomic E-state index is 0.0399. The number of pyridine rings is 1. The van der Waals surface area contributed by atoms with E-state index in [1.165, 1.54) is 24.4 Å².